The number of hydrogen-bond donors (Lipinski definition) is 0. The summed E-state index contributed by atoms with van der Waals surface area (Å²) < 4.78 is 2.94. The second-order valence-electron chi connectivity index (χ2n) is 5.69. The molecule has 5 heteroatoms. The molecule has 0 saturated carbocycles. The molecule has 2 heterocycles. The highest BCUT2D eigenvalue weighted by molar-refractivity contribution is 8.26. The van der Waals surface area contributed by atoms with E-state index in [1.807, 2.05) is 19.1 Å². The summed E-state index contributed by atoms with van der Waals surface area (Å²) >= 11 is 6.69. The molecule has 1 aliphatic heterocycles. The number of para-hydroxylation sites is 1. The molecule has 1 amide bonds. The first kappa shape index (κ1) is 16.3. The van der Waals surface area contributed by atoms with E-state index in [-0.39, 0.29) is 5.91 Å². The first-order valence-electron chi connectivity index (χ1n) is 7.91. The summed E-state index contributed by atoms with van der Waals surface area (Å²) in [6.45, 7) is 6.97. The van der Waals surface area contributed by atoms with Crippen molar-refractivity contribution in [1.82, 2.24) is 9.47 Å². The molecule has 0 radical (unpaired) electrons. The molecular formula is C18H20N2OS2. The Labute approximate surface area is 146 Å². The third kappa shape index (κ3) is 2.83. The Bertz CT molecular complexity index is 806. The minimum Gasteiger partial charge on any atom is -0.344 e. The average Bonchev–Trinajstić information content (AvgIpc) is 3.05. The van der Waals surface area contributed by atoms with Crippen LogP contribution in [0.3, 0.4) is 0 Å². The molecule has 120 valence electrons. The maximum absolute atomic E-state index is 12.4. The lowest BCUT2D eigenvalue weighted by Crippen LogP contribution is -2.27. The van der Waals surface area contributed by atoms with Gasteiger partial charge in [0.05, 0.1) is 4.91 Å². The molecule has 1 aromatic carbocycles. The van der Waals surface area contributed by atoms with Crippen LogP contribution in [0.2, 0.25) is 0 Å². The summed E-state index contributed by atoms with van der Waals surface area (Å²) in [6, 6.07) is 8.77. The van der Waals surface area contributed by atoms with Crippen molar-refractivity contribution in [1.29, 1.82) is 0 Å². The molecule has 0 unspecified atom stereocenters. The summed E-state index contributed by atoms with van der Waals surface area (Å²) in [5, 5.41) is 1.18. The number of hydrogen-bond acceptors (Lipinski definition) is 3. The predicted octanol–water partition coefficient (Wildman–Crippen LogP) is 4.83. The Balaban J connectivity index is 2.09. The first-order valence-corrected chi connectivity index (χ1v) is 9.14. The summed E-state index contributed by atoms with van der Waals surface area (Å²) in [6.07, 6.45) is 5.20. The van der Waals surface area contributed by atoms with Gasteiger partial charge in [-0.25, -0.2) is 0 Å². The Kier molecular flexibility index (Phi) is 4.60. The SMILES string of the molecule is CC[C@H](C)n1cc(/C=C2\SC(=S)N(CC)C2=O)c2ccccc21. The summed E-state index contributed by atoms with van der Waals surface area (Å²) in [7, 11) is 0. The van der Waals surface area contributed by atoms with Crippen LogP contribution in [0.5, 0.6) is 0 Å². The third-order valence-electron chi connectivity index (χ3n) is 4.31. The number of fused-ring (bicyclic) bond motifs is 1. The summed E-state index contributed by atoms with van der Waals surface area (Å²) in [5.41, 5.74) is 2.29. The van der Waals surface area contributed by atoms with Crippen molar-refractivity contribution in [3.05, 3.63) is 40.9 Å². The lowest BCUT2D eigenvalue weighted by atomic mass is 10.1. The highest BCUT2D eigenvalue weighted by atomic mass is 32.2. The van der Waals surface area contributed by atoms with Gasteiger partial charge < -0.3 is 4.57 Å². The van der Waals surface area contributed by atoms with E-state index in [4.69, 9.17) is 12.2 Å². The van der Waals surface area contributed by atoms with Gasteiger partial charge in [-0.1, -0.05) is 49.1 Å². The number of thiocarbonyl (C=S) groups is 1. The lowest BCUT2D eigenvalue weighted by Gasteiger charge is -2.12. The van der Waals surface area contributed by atoms with E-state index in [1.165, 1.54) is 22.7 Å². The van der Waals surface area contributed by atoms with Crippen LogP contribution in [-0.2, 0) is 4.79 Å². The second kappa shape index (κ2) is 6.49. The van der Waals surface area contributed by atoms with E-state index >= 15 is 0 Å². The number of likely N-dealkylation sites (N-methyl/N-ethyl adjacent to an activating group) is 1. The molecule has 1 aromatic heterocycles. The van der Waals surface area contributed by atoms with Crippen LogP contribution in [0.4, 0.5) is 0 Å². The number of amides is 1. The highest BCUT2D eigenvalue weighted by Crippen LogP contribution is 2.34. The van der Waals surface area contributed by atoms with E-state index in [2.05, 4.69) is 42.8 Å². The van der Waals surface area contributed by atoms with Gasteiger partial charge in [0.1, 0.15) is 4.32 Å². The van der Waals surface area contributed by atoms with Crippen LogP contribution in [0.25, 0.3) is 17.0 Å². The molecule has 23 heavy (non-hydrogen) atoms. The lowest BCUT2D eigenvalue weighted by molar-refractivity contribution is -0.121. The van der Waals surface area contributed by atoms with Crippen molar-refractivity contribution in [3.8, 4) is 0 Å². The van der Waals surface area contributed by atoms with E-state index in [0.717, 1.165) is 12.0 Å². The van der Waals surface area contributed by atoms with Crippen molar-refractivity contribution in [3.63, 3.8) is 0 Å². The standard InChI is InChI=1S/C18H20N2OS2/c1-4-12(3)20-11-13(14-8-6-7-9-15(14)20)10-16-17(21)19(5-2)18(22)23-16/h6-12H,4-5H2,1-3H3/b16-10-/t12-/m0/s1. The topological polar surface area (TPSA) is 25.2 Å². The molecule has 3 rings (SSSR count). The van der Waals surface area contributed by atoms with Crippen LogP contribution in [0.1, 0.15) is 38.8 Å². The molecule has 0 aliphatic carbocycles. The number of aromatic nitrogens is 1. The maximum Gasteiger partial charge on any atom is 0.266 e. The minimum absolute atomic E-state index is 0.0165. The minimum atomic E-state index is 0.0165. The van der Waals surface area contributed by atoms with Crippen molar-refractivity contribution in [2.24, 2.45) is 0 Å². The largest absolute Gasteiger partial charge is 0.344 e. The van der Waals surface area contributed by atoms with Crippen molar-refractivity contribution in [2.45, 2.75) is 33.2 Å². The van der Waals surface area contributed by atoms with E-state index in [1.54, 1.807) is 4.90 Å². The molecule has 0 N–H and O–H groups in total. The monoisotopic (exact) mass is 344 g/mol. The van der Waals surface area contributed by atoms with Crippen LogP contribution < -0.4 is 0 Å². The molecule has 1 aliphatic rings. The maximum atomic E-state index is 12.4. The van der Waals surface area contributed by atoms with Gasteiger partial charge in [0.2, 0.25) is 0 Å². The van der Waals surface area contributed by atoms with Crippen LogP contribution in [0, 0.1) is 0 Å². The summed E-state index contributed by atoms with van der Waals surface area (Å²) in [5.74, 6) is 0.0165. The van der Waals surface area contributed by atoms with Gasteiger partial charge in [-0.2, -0.15) is 0 Å². The van der Waals surface area contributed by atoms with Crippen LogP contribution in [-0.4, -0.2) is 26.2 Å². The molecule has 0 bridgehead atoms. The molecule has 1 atom stereocenters. The normalized spacial score (nSPS) is 18.4. The molecule has 1 saturated heterocycles. The molecule has 3 nitrogen and oxygen atoms in total. The number of nitrogens with zero attached hydrogens (tertiary/aromatic N) is 2. The number of carbonyl (C=O) groups excluding carboxylic acids is 1. The smallest absolute Gasteiger partial charge is 0.266 e. The van der Waals surface area contributed by atoms with Gasteiger partial charge >= 0.3 is 0 Å². The number of carbonyl (C=O) groups is 1. The van der Waals surface area contributed by atoms with Gasteiger partial charge in [-0.15, -0.1) is 0 Å². The average molecular weight is 345 g/mol. The molecule has 2 aromatic rings. The van der Waals surface area contributed by atoms with E-state index < -0.39 is 0 Å². The highest BCUT2D eigenvalue weighted by Gasteiger charge is 2.30. The Morgan fingerprint density at radius 3 is 2.70 bits per heavy atom. The van der Waals surface area contributed by atoms with E-state index in [9.17, 15) is 4.79 Å². The van der Waals surface area contributed by atoms with Crippen LogP contribution >= 0.6 is 24.0 Å². The zero-order chi connectivity index (χ0) is 16.6. The van der Waals surface area contributed by atoms with Gasteiger partial charge in [0.15, 0.2) is 0 Å². The summed E-state index contributed by atoms with van der Waals surface area (Å²) in [4.78, 5) is 14.8. The zero-order valence-corrected chi connectivity index (χ0v) is 15.2. The van der Waals surface area contributed by atoms with E-state index in [0.29, 0.717) is 21.8 Å². The number of rotatable bonds is 4. The molecular weight excluding hydrogens is 324 g/mol. The Morgan fingerprint density at radius 1 is 1.30 bits per heavy atom. The van der Waals surface area contributed by atoms with Gasteiger partial charge in [0, 0.05) is 35.2 Å². The fourth-order valence-corrected chi connectivity index (χ4v) is 4.20. The van der Waals surface area contributed by atoms with Crippen molar-refractivity contribution >= 4 is 51.2 Å². The van der Waals surface area contributed by atoms with Gasteiger partial charge in [0.25, 0.3) is 5.91 Å². The Hall–Kier alpha value is -1.59. The molecule has 0 spiro atoms. The second-order valence-corrected chi connectivity index (χ2v) is 7.37. The predicted molar refractivity (Wildman–Crippen MR) is 102 cm³/mol. The Morgan fingerprint density at radius 2 is 2.04 bits per heavy atom. The fraction of sp³-hybridized carbons (Fsp3) is 0.333. The van der Waals surface area contributed by atoms with Crippen molar-refractivity contribution in [2.75, 3.05) is 6.54 Å². The number of benzene rings is 1. The fourth-order valence-electron chi connectivity index (χ4n) is 2.82. The first-order chi connectivity index (χ1) is 11.1. The molecule has 1 fully saturated rings. The number of thioether (sulfide) groups is 1. The van der Waals surface area contributed by atoms with Crippen LogP contribution in [0.15, 0.2) is 35.4 Å². The zero-order valence-electron chi connectivity index (χ0n) is 13.6. The van der Waals surface area contributed by atoms with Gasteiger partial charge in [-0.05, 0) is 32.4 Å². The van der Waals surface area contributed by atoms with Gasteiger partial charge in [-0.3, -0.25) is 9.69 Å². The van der Waals surface area contributed by atoms with Crippen molar-refractivity contribution < 1.29 is 4.79 Å². The third-order valence-corrected chi connectivity index (χ3v) is 5.69. The quantitative estimate of drug-likeness (QED) is 0.586.